The van der Waals surface area contributed by atoms with E-state index >= 15 is 0 Å². The number of benzene rings is 2. The van der Waals surface area contributed by atoms with Gasteiger partial charge in [0.2, 0.25) is 5.91 Å². The SMILES string of the molecule is Cc1cc(Br)ccc1NC(=O)CNC(=O)NCCCN(C)c1ccccc1. The Kier molecular flexibility index (Phi) is 8.13. The first-order chi connectivity index (χ1) is 13.0. The summed E-state index contributed by atoms with van der Waals surface area (Å²) < 4.78 is 0.952. The van der Waals surface area contributed by atoms with Crippen LogP contribution in [-0.4, -0.2) is 38.6 Å². The average molecular weight is 433 g/mol. The molecule has 2 aromatic rings. The Morgan fingerprint density at radius 3 is 2.52 bits per heavy atom. The number of rotatable bonds is 8. The summed E-state index contributed by atoms with van der Waals surface area (Å²) in [7, 11) is 2.02. The van der Waals surface area contributed by atoms with E-state index in [4.69, 9.17) is 0 Å². The van der Waals surface area contributed by atoms with Crippen LogP contribution in [-0.2, 0) is 4.79 Å². The molecule has 0 aliphatic rings. The van der Waals surface area contributed by atoms with Gasteiger partial charge in [-0.05, 0) is 49.2 Å². The molecule has 0 aliphatic carbocycles. The summed E-state index contributed by atoms with van der Waals surface area (Å²) in [5.74, 6) is -0.264. The number of anilines is 2. The number of nitrogens with one attached hydrogen (secondary N) is 3. The molecular formula is C20H25BrN4O2. The normalized spacial score (nSPS) is 10.2. The highest BCUT2D eigenvalue weighted by Gasteiger charge is 2.07. The van der Waals surface area contributed by atoms with Crippen molar-refractivity contribution in [3.05, 3.63) is 58.6 Å². The maximum atomic E-state index is 12.0. The van der Waals surface area contributed by atoms with Crippen molar-refractivity contribution in [3.63, 3.8) is 0 Å². The van der Waals surface area contributed by atoms with Crippen LogP contribution in [0.2, 0.25) is 0 Å². The molecule has 0 spiro atoms. The lowest BCUT2D eigenvalue weighted by Crippen LogP contribution is -2.40. The molecule has 6 nitrogen and oxygen atoms in total. The van der Waals surface area contributed by atoms with Crippen LogP contribution in [0, 0.1) is 6.92 Å². The number of amides is 3. The highest BCUT2D eigenvalue weighted by molar-refractivity contribution is 9.10. The predicted molar refractivity (Wildman–Crippen MR) is 113 cm³/mol. The van der Waals surface area contributed by atoms with Crippen LogP contribution in [0.15, 0.2) is 53.0 Å². The Morgan fingerprint density at radius 2 is 1.81 bits per heavy atom. The third-order valence-corrected chi connectivity index (χ3v) is 4.52. The third kappa shape index (κ3) is 7.30. The Labute approximate surface area is 168 Å². The minimum atomic E-state index is -0.347. The molecule has 0 saturated carbocycles. The molecule has 0 heterocycles. The monoisotopic (exact) mass is 432 g/mol. The van der Waals surface area contributed by atoms with Gasteiger partial charge in [0.15, 0.2) is 0 Å². The fourth-order valence-electron chi connectivity index (χ4n) is 2.51. The van der Waals surface area contributed by atoms with E-state index < -0.39 is 0 Å². The van der Waals surface area contributed by atoms with E-state index in [9.17, 15) is 9.59 Å². The van der Waals surface area contributed by atoms with Crippen molar-refractivity contribution >= 4 is 39.2 Å². The zero-order chi connectivity index (χ0) is 19.6. The number of urea groups is 1. The van der Waals surface area contributed by atoms with Gasteiger partial charge in [-0.15, -0.1) is 0 Å². The lowest BCUT2D eigenvalue weighted by Gasteiger charge is -2.19. The highest BCUT2D eigenvalue weighted by atomic mass is 79.9. The number of halogens is 1. The van der Waals surface area contributed by atoms with E-state index in [0.717, 1.165) is 34.4 Å². The van der Waals surface area contributed by atoms with Gasteiger partial charge in [-0.1, -0.05) is 34.1 Å². The van der Waals surface area contributed by atoms with Gasteiger partial charge in [-0.3, -0.25) is 4.79 Å². The number of carbonyl (C=O) groups excluding carboxylic acids is 2. The molecule has 0 saturated heterocycles. The summed E-state index contributed by atoms with van der Waals surface area (Å²) in [6.07, 6.45) is 0.809. The summed E-state index contributed by atoms with van der Waals surface area (Å²) in [4.78, 5) is 25.9. The second-order valence-corrected chi connectivity index (χ2v) is 7.14. The van der Waals surface area contributed by atoms with Gasteiger partial charge in [0.05, 0.1) is 6.54 Å². The van der Waals surface area contributed by atoms with Crippen LogP contribution >= 0.6 is 15.9 Å². The van der Waals surface area contributed by atoms with Gasteiger partial charge >= 0.3 is 6.03 Å². The summed E-state index contributed by atoms with van der Waals surface area (Å²) >= 11 is 3.38. The van der Waals surface area contributed by atoms with Crippen molar-refractivity contribution in [3.8, 4) is 0 Å². The molecule has 0 aliphatic heterocycles. The Morgan fingerprint density at radius 1 is 1.07 bits per heavy atom. The first-order valence-electron chi connectivity index (χ1n) is 8.79. The zero-order valence-corrected chi connectivity index (χ0v) is 17.2. The van der Waals surface area contributed by atoms with E-state index in [-0.39, 0.29) is 18.5 Å². The fraction of sp³-hybridized carbons (Fsp3) is 0.300. The number of hydrogen-bond acceptors (Lipinski definition) is 3. The van der Waals surface area contributed by atoms with Crippen molar-refractivity contribution in [1.82, 2.24) is 10.6 Å². The number of carbonyl (C=O) groups is 2. The van der Waals surface area contributed by atoms with Crippen molar-refractivity contribution in [2.45, 2.75) is 13.3 Å². The summed E-state index contributed by atoms with van der Waals surface area (Å²) in [6, 6.07) is 15.3. The van der Waals surface area contributed by atoms with Gasteiger partial charge in [0.1, 0.15) is 0 Å². The van der Waals surface area contributed by atoms with Crippen LogP contribution in [0.25, 0.3) is 0 Å². The van der Waals surface area contributed by atoms with Gasteiger partial charge < -0.3 is 20.9 Å². The standard InChI is InChI=1S/C20H25BrN4O2/c1-15-13-16(21)9-10-18(15)24-19(26)14-23-20(27)22-11-6-12-25(2)17-7-4-3-5-8-17/h3-5,7-10,13H,6,11-12,14H2,1-2H3,(H,24,26)(H2,22,23,27). The Hall–Kier alpha value is -2.54. The van der Waals surface area contributed by atoms with Crippen molar-refractivity contribution in [2.24, 2.45) is 0 Å². The fourth-order valence-corrected chi connectivity index (χ4v) is 2.99. The molecule has 0 fully saturated rings. The van der Waals surface area contributed by atoms with Crippen LogP contribution in [0.4, 0.5) is 16.2 Å². The van der Waals surface area contributed by atoms with Crippen molar-refractivity contribution in [2.75, 3.05) is 36.9 Å². The molecule has 3 N–H and O–H groups in total. The molecule has 2 aromatic carbocycles. The summed E-state index contributed by atoms with van der Waals surface area (Å²) in [6.45, 7) is 3.20. The summed E-state index contributed by atoms with van der Waals surface area (Å²) in [5.41, 5.74) is 2.82. The van der Waals surface area contributed by atoms with E-state index in [1.807, 2.05) is 62.5 Å². The summed E-state index contributed by atoms with van der Waals surface area (Å²) in [5, 5.41) is 8.12. The van der Waals surface area contributed by atoms with Gasteiger partial charge in [0, 0.05) is 36.0 Å². The third-order valence-electron chi connectivity index (χ3n) is 4.02. The Bertz CT molecular complexity index is 768. The first-order valence-corrected chi connectivity index (χ1v) is 9.59. The molecule has 0 atom stereocenters. The smallest absolute Gasteiger partial charge is 0.315 e. The lowest BCUT2D eigenvalue weighted by molar-refractivity contribution is -0.115. The molecule has 0 radical (unpaired) electrons. The molecule has 0 aromatic heterocycles. The maximum Gasteiger partial charge on any atom is 0.315 e. The van der Waals surface area contributed by atoms with Crippen LogP contribution in [0.1, 0.15) is 12.0 Å². The van der Waals surface area contributed by atoms with E-state index in [0.29, 0.717) is 6.54 Å². The predicted octanol–water partition coefficient (Wildman–Crippen LogP) is 3.52. The minimum Gasteiger partial charge on any atom is -0.375 e. The van der Waals surface area contributed by atoms with E-state index in [1.165, 1.54) is 0 Å². The van der Waals surface area contributed by atoms with Crippen molar-refractivity contribution in [1.29, 1.82) is 0 Å². The van der Waals surface area contributed by atoms with Crippen molar-refractivity contribution < 1.29 is 9.59 Å². The van der Waals surface area contributed by atoms with Gasteiger partial charge in [-0.2, -0.15) is 0 Å². The molecule has 2 rings (SSSR count). The van der Waals surface area contributed by atoms with Gasteiger partial charge in [-0.25, -0.2) is 4.79 Å². The number of nitrogens with zero attached hydrogens (tertiary/aromatic N) is 1. The lowest BCUT2D eigenvalue weighted by atomic mass is 10.2. The molecule has 27 heavy (non-hydrogen) atoms. The zero-order valence-electron chi connectivity index (χ0n) is 15.6. The second-order valence-electron chi connectivity index (χ2n) is 6.23. The number of aryl methyl sites for hydroxylation is 1. The Balaban J connectivity index is 1.62. The highest BCUT2D eigenvalue weighted by Crippen LogP contribution is 2.19. The van der Waals surface area contributed by atoms with Crippen LogP contribution in [0.5, 0.6) is 0 Å². The second kappa shape index (κ2) is 10.6. The molecule has 0 bridgehead atoms. The molecular weight excluding hydrogens is 408 g/mol. The largest absolute Gasteiger partial charge is 0.375 e. The average Bonchev–Trinajstić information content (AvgIpc) is 2.66. The van der Waals surface area contributed by atoms with E-state index in [2.05, 4.69) is 36.8 Å². The molecule has 0 unspecified atom stereocenters. The quantitative estimate of drug-likeness (QED) is 0.558. The van der Waals surface area contributed by atoms with Gasteiger partial charge in [0.25, 0.3) is 0 Å². The van der Waals surface area contributed by atoms with Crippen LogP contribution < -0.4 is 20.9 Å². The molecule has 7 heteroatoms. The first kappa shape index (κ1) is 20.8. The maximum absolute atomic E-state index is 12.0. The van der Waals surface area contributed by atoms with E-state index in [1.54, 1.807) is 0 Å². The van der Waals surface area contributed by atoms with Crippen LogP contribution in [0.3, 0.4) is 0 Å². The number of hydrogen-bond donors (Lipinski definition) is 3. The topological polar surface area (TPSA) is 73.5 Å². The molecule has 144 valence electrons. The molecule has 3 amide bonds. The number of para-hydroxylation sites is 1. The minimum absolute atomic E-state index is 0.0781.